The van der Waals surface area contributed by atoms with Crippen molar-refractivity contribution in [3.8, 4) is 0 Å². The lowest BCUT2D eigenvalue weighted by atomic mass is 10.1. The first-order chi connectivity index (χ1) is 10.6. The second kappa shape index (κ2) is 5.95. The summed E-state index contributed by atoms with van der Waals surface area (Å²) < 4.78 is 0. The van der Waals surface area contributed by atoms with Crippen LogP contribution in [0.15, 0.2) is 60.7 Å². The van der Waals surface area contributed by atoms with Crippen LogP contribution in [0.5, 0.6) is 0 Å². The van der Waals surface area contributed by atoms with E-state index in [4.69, 9.17) is 0 Å². The summed E-state index contributed by atoms with van der Waals surface area (Å²) in [5, 5.41) is 13.8. The van der Waals surface area contributed by atoms with Gasteiger partial charge in [-0.05, 0) is 24.6 Å². The number of para-hydroxylation sites is 1. The van der Waals surface area contributed by atoms with E-state index in [1.54, 1.807) is 30.3 Å². The van der Waals surface area contributed by atoms with Gasteiger partial charge in [0.15, 0.2) is 6.10 Å². The van der Waals surface area contributed by atoms with Gasteiger partial charge in [0.05, 0.1) is 11.2 Å². The third kappa shape index (κ3) is 2.82. The maximum Gasteiger partial charge on any atom is 0.257 e. The Morgan fingerprint density at radius 1 is 1.05 bits per heavy atom. The van der Waals surface area contributed by atoms with E-state index in [1.165, 1.54) is 0 Å². The van der Waals surface area contributed by atoms with Crippen molar-refractivity contribution in [2.45, 2.75) is 13.0 Å². The van der Waals surface area contributed by atoms with E-state index in [9.17, 15) is 9.90 Å². The predicted octanol–water partition coefficient (Wildman–Crippen LogP) is 3.22. The van der Waals surface area contributed by atoms with Crippen molar-refractivity contribution in [1.82, 2.24) is 4.98 Å². The monoisotopic (exact) mass is 292 g/mol. The van der Waals surface area contributed by atoms with E-state index in [-0.39, 0.29) is 0 Å². The lowest BCUT2D eigenvalue weighted by molar-refractivity contribution is -0.124. The Labute approximate surface area is 128 Å². The van der Waals surface area contributed by atoms with E-state index >= 15 is 0 Å². The average molecular weight is 292 g/mol. The molecule has 0 spiro atoms. The van der Waals surface area contributed by atoms with Crippen molar-refractivity contribution >= 4 is 22.5 Å². The van der Waals surface area contributed by atoms with Crippen LogP contribution < -0.4 is 5.32 Å². The molecule has 0 saturated carbocycles. The molecule has 3 rings (SSSR count). The number of pyridine rings is 1. The number of nitrogens with one attached hydrogen (secondary N) is 1. The van der Waals surface area contributed by atoms with Crippen LogP contribution in [0, 0.1) is 6.92 Å². The van der Waals surface area contributed by atoms with Crippen LogP contribution in [0.4, 0.5) is 5.69 Å². The van der Waals surface area contributed by atoms with Crippen LogP contribution >= 0.6 is 0 Å². The van der Waals surface area contributed by atoms with Crippen molar-refractivity contribution in [1.29, 1.82) is 0 Å². The molecule has 1 heterocycles. The lowest BCUT2D eigenvalue weighted by Crippen LogP contribution is -2.21. The Balaban J connectivity index is 1.90. The van der Waals surface area contributed by atoms with Gasteiger partial charge in [-0.15, -0.1) is 0 Å². The summed E-state index contributed by atoms with van der Waals surface area (Å²) in [4.78, 5) is 16.7. The molecule has 110 valence electrons. The zero-order valence-electron chi connectivity index (χ0n) is 12.2. The van der Waals surface area contributed by atoms with Gasteiger partial charge in [0, 0.05) is 11.1 Å². The Hall–Kier alpha value is -2.72. The Kier molecular flexibility index (Phi) is 3.85. The minimum atomic E-state index is -1.21. The summed E-state index contributed by atoms with van der Waals surface area (Å²) in [5.41, 5.74) is 2.75. The first-order valence-electron chi connectivity index (χ1n) is 7.05. The van der Waals surface area contributed by atoms with Gasteiger partial charge in [0.1, 0.15) is 0 Å². The van der Waals surface area contributed by atoms with Gasteiger partial charge >= 0.3 is 0 Å². The van der Waals surface area contributed by atoms with Crippen molar-refractivity contribution in [2.75, 3.05) is 5.32 Å². The van der Waals surface area contributed by atoms with E-state index in [0.29, 0.717) is 11.3 Å². The normalized spacial score (nSPS) is 12.1. The summed E-state index contributed by atoms with van der Waals surface area (Å²) >= 11 is 0. The molecule has 4 heteroatoms. The van der Waals surface area contributed by atoms with E-state index in [2.05, 4.69) is 10.3 Å². The number of nitrogens with zero attached hydrogens (tertiary/aromatic N) is 1. The number of rotatable bonds is 3. The third-order valence-electron chi connectivity index (χ3n) is 3.48. The molecular weight excluding hydrogens is 276 g/mol. The number of carbonyl (C=O) groups is 1. The average Bonchev–Trinajstić information content (AvgIpc) is 2.55. The largest absolute Gasteiger partial charge is 0.378 e. The molecule has 1 aromatic heterocycles. The van der Waals surface area contributed by atoms with Crippen LogP contribution in [0.2, 0.25) is 0 Å². The molecule has 2 N–H and O–H groups in total. The van der Waals surface area contributed by atoms with Crippen molar-refractivity contribution in [3.63, 3.8) is 0 Å². The van der Waals surface area contributed by atoms with Gasteiger partial charge < -0.3 is 10.4 Å². The van der Waals surface area contributed by atoms with Gasteiger partial charge in [-0.25, -0.2) is 0 Å². The smallest absolute Gasteiger partial charge is 0.257 e. The highest BCUT2D eigenvalue weighted by Crippen LogP contribution is 2.23. The highest BCUT2D eigenvalue weighted by atomic mass is 16.3. The van der Waals surface area contributed by atoms with Crippen LogP contribution in [0.25, 0.3) is 10.9 Å². The quantitative estimate of drug-likeness (QED) is 0.779. The van der Waals surface area contributed by atoms with E-state index in [0.717, 1.165) is 16.6 Å². The number of fused-ring (bicyclic) bond motifs is 1. The Morgan fingerprint density at radius 3 is 2.59 bits per heavy atom. The molecule has 3 aromatic rings. The summed E-state index contributed by atoms with van der Waals surface area (Å²) in [6.07, 6.45) is -1.21. The molecule has 0 aliphatic heterocycles. The fraction of sp³-hybridized carbons (Fsp3) is 0.111. The molecular formula is C18H16N2O2. The maximum absolute atomic E-state index is 12.3. The van der Waals surface area contributed by atoms with Crippen molar-refractivity contribution in [3.05, 3.63) is 71.9 Å². The standard InChI is InChI=1S/C18H16N2O2/c1-12-10-11-13-8-5-9-15(16(13)19-12)20-18(22)17(21)14-6-3-2-4-7-14/h2-11,17,21H,1H3,(H,20,22). The third-order valence-corrected chi connectivity index (χ3v) is 3.48. The number of anilines is 1. The molecule has 4 nitrogen and oxygen atoms in total. The SMILES string of the molecule is Cc1ccc2cccc(NC(=O)C(O)c3ccccc3)c2n1. The number of aryl methyl sites for hydroxylation is 1. The minimum absolute atomic E-state index is 0.470. The number of hydrogen-bond acceptors (Lipinski definition) is 3. The minimum Gasteiger partial charge on any atom is -0.378 e. The molecule has 2 aromatic carbocycles. The molecule has 0 fully saturated rings. The summed E-state index contributed by atoms with van der Waals surface area (Å²) in [7, 11) is 0. The van der Waals surface area contributed by atoms with Crippen molar-refractivity contribution < 1.29 is 9.90 Å². The second-order valence-electron chi connectivity index (χ2n) is 5.13. The molecule has 1 atom stereocenters. The molecule has 0 aliphatic rings. The predicted molar refractivity (Wildman–Crippen MR) is 86.5 cm³/mol. The fourth-order valence-corrected chi connectivity index (χ4v) is 2.33. The molecule has 1 amide bonds. The fourth-order valence-electron chi connectivity index (χ4n) is 2.33. The van der Waals surface area contributed by atoms with E-state index < -0.39 is 12.0 Å². The molecule has 1 unspecified atom stereocenters. The number of amides is 1. The van der Waals surface area contributed by atoms with Gasteiger partial charge in [-0.1, -0.05) is 48.5 Å². The number of aromatic nitrogens is 1. The summed E-state index contributed by atoms with van der Waals surface area (Å²) in [6, 6.07) is 18.3. The van der Waals surface area contributed by atoms with Gasteiger partial charge in [0.2, 0.25) is 0 Å². The molecule has 0 saturated heterocycles. The van der Waals surface area contributed by atoms with Gasteiger partial charge in [-0.2, -0.15) is 0 Å². The van der Waals surface area contributed by atoms with Crippen LogP contribution in [0.3, 0.4) is 0 Å². The van der Waals surface area contributed by atoms with Crippen molar-refractivity contribution in [2.24, 2.45) is 0 Å². The lowest BCUT2D eigenvalue weighted by Gasteiger charge is -2.13. The maximum atomic E-state index is 12.3. The van der Waals surface area contributed by atoms with Crippen LogP contribution in [-0.2, 0) is 4.79 Å². The highest BCUT2D eigenvalue weighted by Gasteiger charge is 2.18. The summed E-state index contributed by atoms with van der Waals surface area (Å²) in [5.74, 6) is -0.470. The van der Waals surface area contributed by atoms with Crippen LogP contribution in [-0.4, -0.2) is 16.0 Å². The highest BCUT2D eigenvalue weighted by molar-refractivity contribution is 6.02. The Bertz CT molecular complexity index is 816. The number of carbonyl (C=O) groups excluding carboxylic acids is 1. The summed E-state index contributed by atoms with van der Waals surface area (Å²) in [6.45, 7) is 1.90. The molecule has 22 heavy (non-hydrogen) atoms. The topological polar surface area (TPSA) is 62.2 Å². The molecule has 0 aliphatic carbocycles. The first kappa shape index (κ1) is 14.2. The number of aliphatic hydroxyl groups excluding tert-OH is 1. The Morgan fingerprint density at radius 2 is 1.82 bits per heavy atom. The second-order valence-corrected chi connectivity index (χ2v) is 5.13. The number of aliphatic hydroxyl groups is 1. The zero-order chi connectivity index (χ0) is 15.5. The number of benzene rings is 2. The molecule has 0 radical (unpaired) electrons. The zero-order valence-corrected chi connectivity index (χ0v) is 12.2. The van der Waals surface area contributed by atoms with E-state index in [1.807, 2.05) is 37.3 Å². The first-order valence-corrected chi connectivity index (χ1v) is 7.05. The van der Waals surface area contributed by atoms with Gasteiger partial charge in [-0.3, -0.25) is 9.78 Å². The van der Waals surface area contributed by atoms with Crippen LogP contribution in [0.1, 0.15) is 17.4 Å². The van der Waals surface area contributed by atoms with Gasteiger partial charge in [0.25, 0.3) is 5.91 Å². The number of hydrogen-bond donors (Lipinski definition) is 2. The molecule has 0 bridgehead atoms.